The molecule has 2 aliphatic rings. The number of unbranched alkanes of at least 4 members (excludes halogenated alkanes) is 1. The normalized spacial score (nSPS) is 18.7. The SMILES string of the molecule is CCCCC(N=C1NS(=O)(=O)c2ccccc21)C(=O)Nc1cccc(C(=O)N2CCOCC2)c1. The molecule has 0 saturated carbocycles. The number of amidine groups is 1. The molecule has 2 amide bonds. The van der Waals surface area contributed by atoms with Gasteiger partial charge in [-0.1, -0.05) is 38.0 Å². The summed E-state index contributed by atoms with van der Waals surface area (Å²) in [7, 11) is -3.69. The van der Waals surface area contributed by atoms with Gasteiger partial charge >= 0.3 is 0 Å². The number of hydrogen-bond acceptors (Lipinski definition) is 6. The Morgan fingerprint density at radius 1 is 1.15 bits per heavy atom. The first-order valence-electron chi connectivity index (χ1n) is 11.4. The van der Waals surface area contributed by atoms with E-state index in [0.717, 1.165) is 12.8 Å². The van der Waals surface area contributed by atoms with Crippen molar-refractivity contribution >= 4 is 33.4 Å². The van der Waals surface area contributed by atoms with Crippen LogP contribution in [0.3, 0.4) is 0 Å². The molecule has 4 rings (SSSR count). The van der Waals surface area contributed by atoms with Crippen LogP contribution in [0.2, 0.25) is 0 Å². The van der Waals surface area contributed by atoms with Crippen molar-refractivity contribution in [3.63, 3.8) is 0 Å². The molecule has 2 aromatic rings. The second kappa shape index (κ2) is 10.4. The molecule has 0 aromatic heterocycles. The Bertz CT molecular complexity index is 1210. The number of rotatable bonds is 7. The maximum Gasteiger partial charge on any atom is 0.263 e. The van der Waals surface area contributed by atoms with E-state index >= 15 is 0 Å². The number of nitrogens with zero attached hydrogens (tertiary/aromatic N) is 2. The number of ether oxygens (including phenoxy) is 1. The van der Waals surface area contributed by atoms with E-state index in [1.165, 1.54) is 6.07 Å². The largest absolute Gasteiger partial charge is 0.378 e. The number of carbonyl (C=O) groups excluding carboxylic acids is 2. The van der Waals surface area contributed by atoms with Crippen molar-refractivity contribution in [3.8, 4) is 0 Å². The molecule has 34 heavy (non-hydrogen) atoms. The van der Waals surface area contributed by atoms with Crippen molar-refractivity contribution in [2.45, 2.75) is 37.1 Å². The summed E-state index contributed by atoms with van der Waals surface area (Å²) in [5, 5.41) is 2.85. The molecule has 1 unspecified atom stereocenters. The van der Waals surface area contributed by atoms with Crippen LogP contribution >= 0.6 is 0 Å². The average molecular weight is 485 g/mol. The van der Waals surface area contributed by atoms with E-state index in [1.807, 2.05) is 6.92 Å². The van der Waals surface area contributed by atoms with Gasteiger partial charge in [0, 0.05) is 29.9 Å². The van der Waals surface area contributed by atoms with Crippen molar-refractivity contribution in [3.05, 3.63) is 59.7 Å². The Balaban J connectivity index is 1.54. The topological polar surface area (TPSA) is 117 Å². The number of aliphatic imine (C=N–C) groups is 1. The van der Waals surface area contributed by atoms with Crippen molar-refractivity contribution < 1.29 is 22.7 Å². The number of morpholine rings is 1. The summed E-state index contributed by atoms with van der Waals surface area (Å²) in [5.41, 5.74) is 1.42. The van der Waals surface area contributed by atoms with E-state index in [1.54, 1.807) is 47.4 Å². The van der Waals surface area contributed by atoms with Gasteiger partial charge in [0.05, 0.1) is 18.1 Å². The molecule has 0 bridgehead atoms. The minimum atomic E-state index is -3.69. The van der Waals surface area contributed by atoms with Crippen LogP contribution in [0.5, 0.6) is 0 Å². The van der Waals surface area contributed by atoms with Gasteiger partial charge in [-0.05, 0) is 36.8 Å². The van der Waals surface area contributed by atoms with E-state index in [2.05, 4.69) is 15.0 Å². The highest BCUT2D eigenvalue weighted by Gasteiger charge is 2.32. The Morgan fingerprint density at radius 2 is 1.91 bits per heavy atom. The number of nitrogens with one attached hydrogen (secondary N) is 2. The second-order valence-electron chi connectivity index (χ2n) is 8.21. The van der Waals surface area contributed by atoms with Crippen LogP contribution < -0.4 is 10.0 Å². The zero-order valence-electron chi connectivity index (χ0n) is 19.0. The molecule has 2 heterocycles. The average Bonchev–Trinajstić information content (AvgIpc) is 3.11. The third-order valence-corrected chi connectivity index (χ3v) is 7.15. The lowest BCUT2D eigenvalue weighted by molar-refractivity contribution is -0.117. The molecule has 2 aliphatic heterocycles. The van der Waals surface area contributed by atoms with Crippen molar-refractivity contribution in [1.29, 1.82) is 0 Å². The first-order valence-corrected chi connectivity index (χ1v) is 12.9. The fourth-order valence-corrected chi connectivity index (χ4v) is 5.18. The van der Waals surface area contributed by atoms with Gasteiger partial charge in [-0.3, -0.25) is 19.3 Å². The standard InChI is InChI=1S/C24H28N4O5S/c1-2-3-10-20(26-22-19-9-4-5-11-21(19)34(31,32)27-22)23(29)25-18-8-6-7-17(16-18)24(30)28-12-14-33-15-13-28/h4-9,11,16,20H,2-3,10,12-15H2,1H3,(H,25,29)(H,26,27). The third-order valence-electron chi connectivity index (χ3n) is 5.76. The van der Waals surface area contributed by atoms with Crippen LogP contribution in [0, 0.1) is 0 Å². The molecule has 0 radical (unpaired) electrons. The first-order chi connectivity index (χ1) is 16.4. The van der Waals surface area contributed by atoms with Crippen LogP contribution in [0.1, 0.15) is 42.1 Å². The lowest BCUT2D eigenvalue weighted by Gasteiger charge is -2.27. The molecular weight excluding hydrogens is 456 g/mol. The smallest absolute Gasteiger partial charge is 0.263 e. The number of anilines is 1. The molecule has 2 N–H and O–H groups in total. The Hall–Kier alpha value is -3.24. The summed E-state index contributed by atoms with van der Waals surface area (Å²) in [5.74, 6) is -0.303. The van der Waals surface area contributed by atoms with Crippen LogP contribution in [0.15, 0.2) is 58.4 Å². The number of amides is 2. The van der Waals surface area contributed by atoms with Gasteiger partial charge in [-0.15, -0.1) is 0 Å². The van der Waals surface area contributed by atoms with Gasteiger partial charge < -0.3 is 15.0 Å². The van der Waals surface area contributed by atoms with E-state index in [9.17, 15) is 18.0 Å². The van der Waals surface area contributed by atoms with Crippen molar-refractivity contribution in [2.24, 2.45) is 4.99 Å². The number of benzene rings is 2. The maximum absolute atomic E-state index is 13.2. The van der Waals surface area contributed by atoms with Crippen molar-refractivity contribution in [2.75, 3.05) is 31.6 Å². The van der Waals surface area contributed by atoms with Crippen LogP contribution in [-0.4, -0.2) is 63.3 Å². The Kier molecular flexibility index (Phi) is 7.28. The van der Waals surface area contributed by atoms with Crippen LogP contribution in [0.25, 0.3) is 0 Å². The van der Waals surface area contributed by atoms with Gasteiger partial charge in [-0.25, -0.2) is 8.42 Å². The summed E-state index contributed by atoms with van der Waals surface area (Å²) in [6.45, 7) is 4.09. The lowest BCUT2D eigenvalue weighted by atomic mass is 10.1. The zero-order valence-corrected chi connectivity index (χ0v) is 19.8. The molecule has 0 aliphatic carbocycles. The summed E-state index contributed by atoms with van der Waals surface area (Å²) in [6.07, 6.45) is 2.07. The monoisotopic (exact) mass is 484 g/mol. The Morgan fingerprint density at radius 3 is 2.68 bits per heavy atom. The van der Waals surface area contributed by atoms with Gasteiger partial charge in [0.25, 0.3) is 15.9 Å². The molecule has 9 nitrogen and oxygen atoms in total. The molecule has 10 heteroatoms. The second-order valence-corrected chi connectivity index (χ2v) is 9.86. The highest BCUT2D eigenvalue weighted by molar-refractivity contribution is 7.90. The fourth-order valence-electron chi connectivity index (χ4n) is 3.94. The van der Waals surface area contributed by atoms with E-state index in [0.29, 0.717) is 49.5 Å². The quantitative estimate of drug-likeness (QED) is 0.626. The van der Waals surface area contributed by atoms with E-state index in [4.69, 9.17) is 4.74 Å². The number of hydrogen-bond donors (Lipinski definition) is 2. The minimum Gasteiger partial charge on any atom is -0.378 e. The van der Waals surface area contributed by atoms with Gasteiger partial charge in [0.1, 0.15) is 11.9 Å². The number of carbonyl (C=O) groups is 2. The highest BCUT2D eigenvalue weighted by atomic mass is 32.2. The molecule has 2 aromatic carbocycles. The fraction of sp³-hybridized carbons (Fsp3) is 0.375. The molecule has 1 saturated heterocycles. The lowest BCUT2D eigenvalue weighted by Crippen LogP contribution is -2.40. The zero-order chi connectivity index (χ0) is 24.1. The predicted molar refractivity (Wildman–Crippen MR) is 128 cm³/mol. The summed E-state index contributed by atoms with van der Waals surface area (Å²) < 4.78 is 32.6. The van der Waals surface area contributed by atoms with Crippen LogP contribution in [0.4, 0.5) is 5.69 Å². The van der Waals surface area contributed by atoms with Crippen molar-refractivity contribution in [1.82, 2.24) is 9.62 Å². The molecule has 1 atom stereocenters. The maximum atomic E-state index is 13.2. The summed E-state index contributed by atoms with van der Waals surface area (Å²) in [4.78, 5) is 32.3. The predicted octanol–water partition coefficient (Wildman–Crippen LogP) is 2.40. The van der Waals surface area contributed by atoms with Crippen LogP contribution in [-0.2, 0) is 19.6 Å². The van der Waals surface area contributed by atoms with E-state index in [-0.39, 0.29) is 22.5 Å². The third kappa shape index (κ3) is 5.28. The summed E-state index contributed by atoms with van der Waals surface area (Å²) >= 11 is 0. The molecule has 1 fully saturated rings. The Labute approximate surface area is 199 Å². The van der Waals surface area contributed by atoms with Gasteiger partial charge in [-0.2, -0.15) is 0 Å². The van der Waals surface area contributed by atoms with Gasteiger partial charge in [0.15, 0.2) is 0 Å². The highest BCUT2D eigenvalue weighted by Crippen LogP contribution is 2.23. The number of sulfonamides is 1. The molecule has 180 valence electrons. The minimum absolute atomic E-state index is 0.112. The first kappa shape index (κ1) is 23.9. The number of fused-ring (bicyclic) bond motifs is 1. The van der Waals surface area contributed by atoms with E-state index < -0.39 is 16.1 Å². The summed E-state index contributed by atoms with van der Waals surface area (Å²) in [6, 6.07) is 12.6. The van der Waals surface area contributed by atoms with Gasteiger partial charge in [0.2, 0.25) is 5.91 Å². The molecular formula is C24H28N4O5S. The molecule has 0 spiro atoms.